The number of anilines is 1. The first-order valence-electron chi connectivity index (χ1n) is 10.8. The van der Waals surface area contributed by atoms with Crippen LogP contribution in [-0.4, -0.2) is 43.6 Å². The number of fused-ring (bicyclic) bond motifs is 2. The van der Waals surface area contributed by atoms with Crippen molar-refractivity contribution in [3.8, 4) is 0 Å². The van der Waals surface area contributed by atoms with E-state index in [4.69, 9.17) is 4.74 Å². The van der Waals surface area contributed by atoms with E-state index in [1.165, 1.54) is 42.6 Å². The molecule has 0 unspecified atom stereocenters. The van der Waals surface area contributed by atoms with Gasteiger partial charge in [0.25, 0.3) is 5.56 Å². The minimum atomic E-state index is -1.02. The molecule has 1 aliphatic heterocycles. The maximum absolute atomic E-state index is 12.9. The van der Waals surface area contributed by atoms with Gasteiger partial charge >= 0.3 is 11.7 Å². The second kappa shape index (κ2) is 8.12. The number of aryl methyl sites for hydroxylation is 1. The highest BCUT2D eigenvalue weighted by atomic mass is 16.5. The molecule has 0 aliphatic carbocycles. The number of esters is 1. The van der Waals surface area contributed by atoms with Crippen molar-refractivity contribution in [1.82, 2.24) is 18.7 Å². The van der Waals surface area contributed by atoms with E-state index in [1.807, 2.05) is 50.1 Å². The zero-order valence-corrected chi connectivity index (χ0v) is 20.0. The van der Waals surface area contributed by atoms with Crippen LogP contribution in [0.5, 0.6) is 0 Å². The minimum absolute atomic E-state index is 0.106. The van der Waals surface area contributed by atoms with Crippen LogP contribution in [0.2, 0.25) is 0 Å². The molecule has 0 bridgehead atoms. The molecule has 4 rings (SSSR count). The lowest BCUT2D eigenvalue weighted by molar-refractivity contribution is -0.153. The highest BCUT2D eigenvalue weighted by Gasteiger charge is 2.39. The number of carbonyl (C=O) groups is 2. The van der Waals surface area contributed by atoms with Gasteiger partial charge in [-0.3, -0.25) is 23.5 Å². The van der Waals surface area contributed by atoms with Gasteiger partial charge in [-0.2, -0.15) is 0 Å². The smallest absolute Gasteiger partial charge is 0.332 e. The molecule has 0 radical (unpaired) electrons. The molecule has 34 heavy (non-hydrogen) atoms. The number of ether oxygens (including phenoxy) is 1. The third kappa shape index (κ3) is 3.55. The summed E-state index contributed by atoms with van der Waals surface area (Å²) in [7, 11) is 4.75. The highest BCUT2D eigenvalue weighted by molar-refractivity contribution is 5.96. The van der Waals surface area contributed by atoms with Gasteiger partial charge in [0.15, 0.2) is 23.1 Å². The van der Waals surface area contributed by atoms with Crippen molar-refractivity contribution in [2.24, 2.45) is 14.1 Å². The highest BCUT2D eigenvalue weighted by Crippen LogP contribution is 2.46. The first-order chi connectivity index (χ1) is 15.9. The zero-order chi connectivity index (χ0) is 24.9. The molecule has 0 spiro atoms. The van der Waals surface area contributed by atoms with Gasteiger partial charge in [-0.25, -0.2) is 9.78 Å². The number of allylic oxidation sites excluding steroid dienone is 1. The van der Waals surface area contributed by atoms with Crippen LogP contribution in [0, 0.1) is 0 Å². The molecular weight excluding hydrogens is 438 g/mol. The van der Waals surface area contributed by atoms with Crippen LogP contribution in [0.4, 0.5) is 5.69 Å². The molecule has 0 amide bonds. The van der Waals surface area contributed by atoms with Gasteiger partial charge in [0, 0.05) is 44.0 Å². The van der Waals surface area contributed by atoms with Gasteiger partial charge in [-0.05, 0) is 18.6 Å². The first kappa shape index (κ1) is 23.2. The normalized spacial score (nSPS) is 16.6. The Bertz CT molecular complexity index is 1470. The van der Waals surface area contributed by atoms with Crippen LogP contribution >= 0.6 is 0 Å². The van der Waals surface area contributed by atoms with Gasteiger partial charge in [0.1, 0.15) is 6.54 Å². The molecule has 10 nitrogen and oxygen atoms in total. The largest absolute Gasteiger partial charge is 0.453 e. The van der Waals surface area contributed by atoms with Gasteiger partial charge in [0.05, 0.1) is 6.33 Å². The van der Waals surface area contributed by atoms with Crippen LogP contribution in [0.25, 0.3) is 11.2 Å². The van der Waals surface area contributed by atoms with Crippen LogP contribution < -0.4 is 16.1 Å². The van der Waals surface area contributed by atoms with E-state index < -0.39 is 23.3 Å². The topological polar surface area (TPSA) is 108 Å². The van der Waals surface area contributed by atoms with Crippen LogP contribution in [0.1, 0.15) is 26.3 Å². The van der Waals surface area contributed by atoms with Crippen molar-refractivity contribution in [3.63, 3.8) is 0 Å². The summed E-state index contributed by atoms with van der Waals surface area (Å²) in [6.45, 7) is 5.28. The number of imidazole rings is 1. The fraction of sp³-hybridized carbons (Fsp3) is 0.375. The molecule has 3 aromatic rings. The molecule has 3 heterocycles. The monoisotopic (exact) mass is 465 g/mol. The van der Waals surface area contributed by atoms with E-state index in [2.05, 4.69) is 4.98 Å². The van der Waals surface area contributed by atoms with E-state index in [9.17, 15) is 19.2 Å². The molecule has 1 atom stereocenters. The van der Waals surface area contributed by atoms with E-state index in [1.54, 1.807) is 0 Å². The molecule has 0 fully saturated rings. The Kier molecular flexibility index (Phi) is 5.55. The maximum atomic E-state index is 12.9. The molecule has 178 valence electrons. The Labute approximate surface area is 195 Å². The predicted octanol–water partition coefficient (Wildman–Crippen LogP) is 1.25. The van der Waals surface area contributed by atoms with Gasteiger partial charge in [-0.1, -0.05) is 32.0 Å². The van der Waals surface area contributed by atoms with Crippen molar-refractivity contribution < 1.29 is 14.3 Å². The fourth-order valence-corrected chi connectivity index (χ4v) is 4.46. The number of para-hydroxylation sites is 1. The third-order valence-electron chi connectivity index (χ3n) is 6.44. The summed E-state index contributed by atoms with van der Waals surface area (Å²) in [5.74, 6) is -1.04. The Morgan fingerprint density at radius 3 is 2.47 bits per heavy atom. The van der Waals surface area contributed by atoms with E-state index >= 15 is 0 Å². The Morgan fingerprint density at radius 2 is 1.79 bits per heavy atom. The van der Waals surface area contributed by atoms with Gasteiger partial charge in [0.2, 0.25) is 0 Å². The standard InChI is InChI=1S/C24H27N5O5/c1-14(17(30)11-18-24(2,3)15-9-7-8-10-16(15)26(18)4)34-19(31)12-29-13-25-21-20(29)22(32)28(6)23(33)27(21)5/h7-11,13-14H,12H2,1-6H3/b18-11-/t14-/m0/s1. The van der Waals surface area contributed by atoms with E-state index in [0.717, 1.165) is 21.5 Å². The molecule has 0 saturated heterocycles. The molecule has 0 N–H and O–H groups in total. The number of aromatic nitrogens is 4. The van der Waals surface area contributed by atoms with Gasteiger partial charge in [-0.15, -0.1) is 0 Å². The zero-order valence-electron chi connectivity index (χ0n) is 20.0. The summed E-state index contributed by atoms with van der Waals surface area (Å²) in [4.78, 5) is 56.2. The number of likely N-dealkylation sites (N-methyl/N-ethyl adjacent to an activating group) is 1. The lowest BCUT2D eigenvalue weighted by Crippen LogP contribution is -2.37. The van der Waals surface area contributed by atoms with Crippen molar-refractivity contribution in [2.75, 3.05) is 11.9 Å². The first-order valence-corrected chi connectivity index (χ1v) is 10.8. The van der Waals surface area contributed by atoms with Crippen LogP contribution in [-0.2, 0) is 40.4 Å². The Balaban J connectivity index is 1.53. The third-order valence-corrected chi connectivity index (χ3v) is 6.44. The summed E-state index contributed by atoms with van der Waals surface area (Å²) < 4.78 is 8.87. The Hall–Kier alpha value is -3.95. The van der Waals surface area contributed by atoms with E-state index in [-0.39, 0.29) is 28.9 Å². The average molecular weight is 466 g/mol. The van der Waals surface area contributed by atoms with Crippen LogP contribution in [0.3, 0.4) is 0 Å². The lowest BCUT2D eigenvalue weighted by atomic mass is 9.83. The number of rotatable bonds is 5. The fourth-order valence-electron chi connectivity index (χ4n) is 4.46. The average Bonchev–Trinajstić information content (AvgIpc) is 3.29. The molecule has 1 aromatic carbocycles. The van der Waals surface area contributed by atoms with Gasteiger partial charge < -0.3 is 14.2 Å². The number of ketones is 1. The summed E-state index contributed by atoms with van der Waals surface area (Å²) in [5, 5.41) is 0. The maximum Gasteiger partial charge on any atom is 0.332 e. The molecule has 2 aromatic heterocycles. The SMILES string of the molecule is C[C@H](OC(=O)Cn1cnc2c1c(=O)n(C)c(=O)n2C)C(=O)/C=C1\N(C)c2ccccc2C1(C)C. The quantitative estimate of drug-likeness (QED) is 0.412. The summed E-state index contributed by atoms with van der Waals surface area (Å²) in [6.07, 6.45) is 1.81. The second-order valence-corrected chi connectivity index (χ2v) is 9.02. The molecular formula is C24H27N5O5. The second-order valence-electron chi connectivity index (χ2n) is 9.02. The Morgan fingerprint density at radius 1 is 1.12 bits per heavy atom. The van der Waals surface area contributed by atoms with Crippen LogP contribution in [0.15, 0.2) is 52.0 Å². The number of hydrogen-bond acceptors (Lipinski definition) is 7. The lowest BCUT2D eigenvalue weighted by Gasteiger charge is -2.24. The summed E-state index contributed by atoms with van der Waals surface area (Å²) in [6, 6.07) is 7.96. The van der Waals surface area contributed by atoms with Crippen molar-refractivity contribution >= 4 is 28.6 Å². The minimum Gasteiger partial charge on any atom is -0.453 e. The van der Waals surface area contributed by atoms with Crippen molar-refractivity contribution in [3.05, 3.63) is 68.8 Å². The molecule has 10 heteroatoms. The number of nitrogens with zero attached hydrogens (tertiary/aromatic N) is 5. The molecule has 0 saturated carbocycles. The number of carbonyl (C=O) groups excluding carboxylic acids is 2. The number of hydrogen-bond donors (Lipinski definition) is 0. The van der Waals surface area contributed by atoms with Crippen molar-refractivity contribution in [1.29, 1.82) is 0 Å². The summed E-state index contributed by atoms with van der Waals surface area (Å²) >= 11 is 0. The number of benzene rings is 1. The summed E-state index contributed by atoms with van der Waals surface area (Å²) in [5.41, 5.74) is 1.77. The van der Waals surface area contributed by atoms with E-state index in [0.29, 0.717) is 0 Å². The predicted molar refractivity (Wildman–Crippen MR) is 127 cm³/mol. The van der Waals surface area contributed by atoms with Crippen molar-refractivity contribution in [2.45, 2.75) is 38.8 Å². The molecule has 1 aliphatic rings.